The van der Waals surface area contributed by atoms with E-state index < -0.39 is 0 Å². The fraction of sp³-hybridized carbons (Fsp3) is 1.00. The van der Waals surface area contributed by atoms with Crippen molar-refractivity contribution < 1.29 is 14.2 Å². The Labute approximate surface area is 100 Å². The van der Waals surface area contributed by atoms with E-state index in [-0.39, 0.29) is 6.10 Å². The van der Waals surface area contributed by atoms with Gasteiger partial charge in [-0.2, -0.15) is 0 Å². The Morgan fingerprint density at radius 2 is 1.50 bits per heavy atom. The normalized spacial score (nSPS) is 15.4. The number of ether oxygens (including phenoxy) is 3. The largest absolute Gasteiger partial charge is 0.376 e. The van der Waals surface area contributed by atoms with Crippen molar-refractivity contribution >= 4 is 0 Å². The third-order valence-electron chi connectivity index (χ3n) is 2.27. The lowest BCUT2D eigenvalue weighted by Gasteiger charge is -2.15. The molecule has 3 heteroatoms. The maximum atomic E-state index is 5.59. The van der Waals surface area contributed by atoms with E-state index in [4.69, 9.17) is 14.2 Å². The van der Waals surface area contributed by atoms with Crippen LogP contribution in [0.5, 0.6) is 0 Å². The quantitative estimate of drug-likeness (QED) is 0.542. The average molecular weight is 232 g/mol. The first-order chi connectivity index (χ1) is 7.56. The predicted molar refractivity (Wildman–Crippen MR) is 66.8 cm³/mol. The molecule has 0 aliphatic rings. The zero-order chi connectivity index (χ0) is 12.4. The Morgan fingerprint density at radius 1 is 0.812 bits per heavy atom. The third kappa shape index (κ3) is 10.4. The summed E-state index contributed by atoms with van der Waals surface area (Å²) in [5, 5.41) is 0. The Hall–Kier alpha value is -0.120. The molecule has 0 radical (unpaired) electrons. The molecule has 0 aliphatic heterocycles. The van der Waals surface area contributed by atoms with Crippen LogP contribution in [0.15, 0.2) is 0 Å². The lowest BCUT2D eigenvalue weighted by molar-refractivity contribution is -0.0390. The minimum Gasteiger partial charge on any atom is -0.376 e. The van der Waals surface area contributed by atoms with E-state index in [9.17, 15) is 0 Å². The van der Waals surface area contributed by atoms with E-state index in [1.807, 2.05) is 6.92 Å². The van der Waals surface area contributed by atoms with Gasteiger partial charge < -0.3 is 14.2 Å². The van der Waals surface area contributed by atoms with Crippen LogP contribution in [0.3, 0.4) is 0 Å². The van der Waals surface area contributed by atoms with Gasteiger partial charge in [-0.25, -0.2) is 0 Å². The topological polar surface area (TPSA) is 27.7 Å². The molecule has 0 fully saturated rings. The highest BCUT2D eigenvalue weighted by atomic mass is 16.5. The molecule has 0 N–H and O–H groups in total. The van der Waals surface area contributed by atoms with Crippen LogP contribution in [-0.2, 0) is 14.2 Å². The Bertz CT molecular complexity index is 148. The van der Waals surface area contributed by atoms with Gasteiger partial charge in [-0.15, -0.1) is 0 Å². The second-order valence-electron chi connectivity index (χ2n) is 4.70. The minimum atomic E-state index is 0.172. The zero-order valence-corrected chi connectivity index (χ0v) is 11.5. The molecule has 0 aromatic rings. The minimum absolute atomic E-state index is 0.172. The van der Waals surface area contributed by atoms with Crippen LogP contribution >= 0.6 is 0 Å². The van der Waals surface area contributed by atoms with Gasteiger partial charge in [0.1, 0.15) is 0 Å². The highest BCUT2D eigenvalue weighted by molar-refractivity contribution is 4.50. The fourth-order valence-electron chi connectivity index (χ4n) is 1.08. The molecule has 0 aromatic heterocycles. The Morgan fingerprint density at radius 3 is 2.06 bits per heavy atom. The van der Waals surface area contributed by atoms with Gasteiger partial charge in [0.2, 0.25) is 0 Å². The molecule has 0 heterocycles. The van der Waals surface area contributed by atoms with Crippen LogP contribution in [0.25, 0.3) is 0 Å². The third-order valence-corrected chi connectivity index (χ3v) is 2.27. The molecular formula is C13H28O3. The summed E-state index contributed by atoms with van der Waals surface area (Å²) in [6.45, 7) is 13.3. The van der Waals surface area contributed by atoms with Crippen LogP contribution in [0.1, 0.15) is 41.0 Å². The second kappa shape index (κ2) is 10.1. The highest BCUT2D eigenvalue weighted by Gasteiger charge is 2.04. The van der Waals surface area contributed by atoms with Crippen molar-refractivity contribution in [3.05, 3.63) is 0 Å². The van der Waals surface area contributed by atoms with E-state index in [0.717, 1.165) is 13.0 Å². The first-order valence-corrected chi connectivity index (χ1v) is 6.37. The first kappa shape index (κ1) is 15.9. The van der Waals surface area contributed by atoms with E-state index in [2.05, 4.69) is 27.7 Å². The van der Waals surface area contributed by atoms with Crippen LogP contribution in [0.2, 0.25) is 0 Å². The van der Waals surface area contributed by atoms with Gasteiger partial charge in [0.25, 0.3) is 0 Å². The average Bonchev–Trinajstić information content (AvgIpc) is 2.25. The summed E-state index contributed by atoms with van der Waals surface area (Å²) in [7, 11) is 0. The summed E-state index contributed by atoms with van der Waals surface area (Å²) in [6.07, 6.45) is 1.55. The van der Waals surface area contributed by atoms with Crippen molar-refractivity contribution in [1.82, 2.24) is 0 Å². The van der Waals surface area contributed by atoms with Crippen molar-refractivity contribution in [3.63, 3.8) is 0 Å². The van der Waals surface area contributed by atoms with Gasteiger partial charge in [-0.1, -0.05) is 20.8 Å². The van der Waals surface area contributed by atoms with Gasteiger partial charge in [0.05, 0.1) is 32.0 Å². The number of hydrogen-bond donors (Lipinski definition) is 0. The Kier molecular flexibility index (Phi) is 9.99. The molecule has 16 heavy (non-hydrogen) atoms. The molecule has 0 bridgehead atoms. The highest BCUT2D eigenvalue weighted by Crippen LogP contribution is 1.99. The van der Waals surface area contributed by atoms with Gasteiger partial charge in [-0.05, 0) is 26.2 Å². The van der Waals surface area contributed by atoms with Crippen molar-refractivity contribution in [2.24, 2.45) is 5.92 Å². The molecule has 0 aliphatic carbocycles. The molecule has 0 saturated carbocycles. The van der Waals surface area contributed by atoms with Crippen molar-refractivity contribution in [1.29, 1.82) is 0 Å². The second-order valence-corrected chi connectivity index (χ2v) is 4.70. The molecule has 0 aromatic carbocycles. The Balaban J connectivity index is 3.24. The van der Waals surface area contributed by atoms with Crippen molar-refractivity contribution in [2.45, 2.75) is 53.2 Å². The molecule has 2 unspecified atom stereocenters. The summed E-state index contributed by atoms with van der Waals surface area (Å²) >= 11 is 0. The molecule has 0 amide bonds. The van der Waals surface area contributed by atoms with E-state index in [1.165, 1.54) is 0 Å². The van der Waals surface area contributed by atoms with Crippen LogP contribution < -0.4 is 0 Å². The lowest BCUT2D eigenvalue weighted by atomic mass is 10.2. The summed E-state index contributed by atoms with van der Waals surface area (Å²) in [5.74, 6) is 0.580. The maximum absolute atomic E-state index is 5.59. The van der Waals surface area contributed by atoms with Gasteiger partial charge in [0.15, 0.2) is 0 Å². The fourth-order valence-corrected chi connectivity index (χ4v) is 1.08. The van der Waals surface area contributed by atoms with Crippen LogP contribution in [0.4, 0.5) is 0 Å². The lowest BCUT2D eigenvalue weighted by Crippen LogP contribution is -2.20. The number of hydrogen-bond acceptors (Lipinski definition) is 3. The zero-order valence-electron chi connectivity index (χ0n) is 11.5. The summed E-state index contributed by atoms with van der Waals surface area (Å²) in [6, 6.07) is 0. The molecular weight excluding hydrogens is 204 g/mol. The summed E-state index contributed by atoms with van der Waals surface area (Å²) in [4.78, 5) is 0. The van der Waals surface area contributed by atoms with Crippen molar-refractivity contribution in [2.75, 3.05) is 26.4 Å². The summed E-state index contributed by atoms with van der Waals surface area (Å²) in [5.41, 5.74) is 0. The predicted octanol–water partition coefficient (Wildman–Crippen LogP) is 2.88. The monoisotopic (exact) mass is 232 g/mol. The SMILES string of the molecule is CCC(C)OCCOCC(C)OCC(C)C. The number of rotatable bonds is 10. The van der Waals surface area contributed by atoms with Gasteiger partial charge in [-0.3, -0.25) is 0 Å². The summed E-state index contributed by atoms with van der Waals surface area (Å²) < 4.78 is 16.6. The first-order valence-electron chi connectivity index (χ1n) is 6.37. The van der Waals surface area contributed by atoms with Gasteiger partial charge in [0, 0.05) is 6.61 Å². The maximum Gasteiger partial charge on any atom is 0.0780 e. The van der Waals surface area contributed by atoms with E-state index in [0.29, 0.717) is 31.8 Å². The smallest absolute Gasteiger partial charge is 0.0780 e. The molecule has 3 nitrogen and oxygen atoms in total. The molecule has 0 rings (SSSR count). The van der Waals surface area contributed by atoms with E-state index >= 15 is 0 Å². The van der Waals surface area contributed by atoms with Crippen LogP contribution in [0, 0.1) is 5.92 Å². The molecule has 2 atom stereocenters. The standard InChI is InChI=1S/C13H28O3/c1-6-12(4)15-8-7-14-10-13(5)16-9-11(2)3/h11-13H,6-10H2,1-5H3. The molecule has 98 valence electrons. The molecule has 0 saturated heterocycles. The van der Waals surface area contributed by atoms with Crippen molar-refractivity contribution in [3.8, 4) is 0 Å². The van der Waals surface area contributed by atoms with Crippen LogP contribution in [-0.4, -0.2) is 38.6 Å². The van der Waals surface area contributed by atoms with E-state index in [1.54, 1.807) is 0 Å². The van der Waals surface area contributed by atoms with Gasteiger partial charge >= 0.3 is 0 Å². The molecule has 0 spiro atoms.